The van der Waals surface area contributed by atoms with E-state index in [4.69, 9.17) is 28.7 Å². The van der Waals surface area contributed by atoms with Crippen LogP contribution in [0.5, 0.6) is 23.4 Å². The molecule has 4 saturated heterocycles. The molecule has 1 amide bonds. The Bertz CT molecular complexity index is 2780. The zero-order valence-electron chi connectivity index (χ0n) is 40.7. The largest absolute Gasteiger partial charge is 0.497 e. The number of hydrogen-bond donors (Lipinski definition) is 0. The minimum Gasteiger partial charge on any atom is -0.497 e. The number of halogens is 6. The van der Waals surface area contributed by atoms with Crippen molar-refractivity contribution in [2.75, 3.05) is 43.7 Å². The first-order chi connectivity index (χ1) is 33.8. The number of fused-ring (bicyclic) bond motifs is 6. The van der Waals surface area contributed by atoms with Gasteiger partial charge in [0.2, 0.25) is 5.88 Å². The number of aromatic nitrogens is 3. The lowest BCUT2D eigenvalue weighted by Crippen LogP contribution is -2.65. The maximum absolute atomic E-state index is 18.0. The average molecular weight is 990 g/mol. The number of methoxy groups -OCH3 is 2. The maximum Gasteiger partial charge on any atom is 0.417 e. The number of carbonyl (C=O) groups is 1. The Hall–Kier alpha value is -6.24. The van der Waals surface area contributed by atoms with Crippen LogP contribution >= 0.6 is 0 Å². The molecule has 0 spiro atoms. The van der Waals surface area contributed by atoms with Gasteiger partial charge in [-0.1, -0.05) is 24.3 Å². The zero-order chi connectivity index (χ0) is 50.3. The van der Waals surface area contributed by atoms with Crippen molar-refractivity contribution in [1.82, 2.24) is 24.8 Å². The van der Waals surface area contributed by atoms with Gasteiger partial charge in [0, 0.05) is 37.3 Å². The first-order valence-corrected chi connectivity index (χ1v) is 24.1. The van der Waals surface area contributed by atoms with Crippen molar-refractivity contribution < 1.29 is 54.8 Å². The third-order valence-electron chi connectivity index (χ3n) is 14.6. The second-order valence-corrected chi connectivity index (χ2v) is 20.3. The summed E-state index contributed by atoms with van der Waals surface area (Å²) < 4.78 is 126. The summed E-state index contributed by atoms with van der Waals surface area (Å²) in [5, 5.41) is -0.00406. The molecule has 3 unspecified atom stereocenters. The summed E-state index contributed by atoms with van der Waals surface area (Å²) in [5.41, 5.74) is -3.82. The van der Waals surface area contributed by atoms with Crippen LogP contribution in [0.25, 0.3) is 22.2 Å². The Morgan fingerprint density at radius 2 is 1.55 bits per heavy atom. The van der Waals surface area contributed by atoms with Crippen LogP contribution in [-0.2, 0) is 24.0 Å². The van der Waals surface area contributed by atoms with Gasteiger partial charge in [0.05, 0.1) is 43.6 Å². The van der Waals surface area contributed by atoms with Gasteiger partial charge in [0.1, 0.15) is 64.2 Å². The molecule has 19 heteroatoms. The fraction of sp³-hybridized carbons (Fsp3) is 0.500. The van der Waals surface area contributed by atoms with Crippen LogP contribution in [0, 0.1) is 18.6 Å². The molecule has 7 heterocycles. The van der Waals surface area contributed by atoms with Crippen LogP contribution in [-0.4, -0.2) is 113 Å². The minimum absolute atomic E-state index is 0.00406. The highest BCUT2D eigenvalue weighted by molar-refractivity contribution is 5.98. The molecule has 0 radical (unpaired) electrons. The van der Waals surface area contributed by atoms with Crippen LogP contribution in [0.15, 0.2) is 54.6 Å². The fourth-order valence-electron chi connectivity index (χ4n) is 11.5. The first kappa shape index (κ1) is 48.4. The van der Waals surface area contributed by atoms with Gasteiger partial charge < -0.3 is 33.5 Å². The average Bonchev–Trinajstić information content (AvgIpc) is 4.00. The molecule has 2 aromatic heterocycles. The van der Waals surface area contributed by atoms with E-state index in [1.807, 2.05) is 4.90 Å². The molecule has 3 aromatic carbocycles. The standard InChI is InChI=1S/C52H57F6N7O6/c1-27-41(52(56,57)58)35(22-39(42(27)54)62(23-29-10-15-33(67-6)16-11-29)24-30-12-17-34(68-7)18-13-30)44-43(55)45-40-47(61-49(60-45)69-26-32-21-36(53)37-9-8-20-63(32)37)64-25-31-14-19-38(46(64)28(2)70-48(40)59-44)65(31)50(66)71-51(3,4)5/h10-13,15-18,22,28,31-32,36-38,46H,8-9,14,19-21,23-26H2,1-7H3/t28-,31+,32?,36?,37?,38-,46+/m0/s1. The van der Waals surface area contributed by atoms with E-state index < -0.39 is 81.8 Å². The number of rotatable bonds is 11. The van der Waals surface area contributed by atoms with E-state index in [1.54, 1.807) is 86.0 Å². The summed E-state index contributed by atoms with van der Waals surface area (Å²) in [5.74, 6) is -1.35. The van der Waals surface area contributed by atoms with Crippen LogP contribution in [0.1, 0.15) is 82.1 Å². The number of pyridine rings is 1. The van der Waals surface area contributed by atoms with Gasteiger partial charge in [0.25, 0.3) is 0 Å². The van der Waals surface area contributed by atoms with E-state index in [-0.39, 0.29) is 79.6 Å². The molecule has 13 nitrogen and oxygen atoms in total. The second-order valence-electron chi connectivity index (χ2n) is 20.3. The fourth-order valence-corrected chi connectivity index (χ4v) is 11.5. The van der Waals surface area contributed by atoms with Gasteiger partial charge in [-0.25, -0.2) is 22.9 Å². The Morgan fingerprint density at radius 3 is 2.17 bits per heavy atom. The van der Waals surface area contributed by atoms with Crippen LogP contribution in [0.4, 0.5) is 42.6 Å². The molecule has 7 atom stereocenters. The molecule has 5 aromatic rings. The monoisotopic (exact) mass is 989 g/mol. The molecule has 5 aliphatic rings. The SMILES string of the molecule is COc1ccc(CN(Cc2ccc(OC)cc2)c2cc(-c3nc4c5c(nc(OCC6CC(F)C7CCCN67)nc5c3F)N3C[C@H]5CC[C@@H]([C@H]3[C@H](C)O4)N5C(=O)OC(C)(C)C)c(C(F)(F)F)c(C)c2F)cc1. The number of ether oxygens (including phenoxy) is 5. The van der Waals surface area contributed by atoms with Crippen molar-refractivity contribution in [3.63, 3.8) is 0 Å². The van der Waals surface area contributed by atoms with Gasteiger partial charge in [-0.3, -0.25) is 9.80 Å². The van der Waals surface area contributed by atoms with Crippen molar-refractivity contribution in [1.29, 1.82) is 0 Å². The first-order valence-electron chi connectivity index (χ1n) is 24.1. The lowest BCUT2D eigenvalue weighted by atomic mass is 9.95. The summed E-state index contributed by atoms with van der Waals surface area (Å²) in [6, 6.07) is 12.7. The Balaban J connectivity index is 1.14. The number of anilines is 2. The zero-order valence-corrected chi connectivity index (χ0v) is 40.7. The highest BCUT2D eigenvalue weighted by Crippen LogP contribution is 2.50. The number of amides is 1. The number of benzene rings is 3. The number of carbonyl (C=O) groups excluding carboxylic acids is 1. The molecule has 71 heavy (non-hydrogen) atoms. The van der Waals surface area contributed by atoms with Crippen molar-refractivity contribution >= 4 is 28.5 Å². The summed E-state index contributed by atoms with van der Waals surface area (Å²) in [6.07, 6.45) is -4.57. The number of nitrogens with zero attached hydrogens (tertiary/aromatic N) is 7. The molecule has 2 bridgehead atoms. The van der Waals surface area contributed by atoms with Crippen LogP contribution in [0.2, 0.25) is 0 Å². The van der Waals surface area contributed by atoms with Crippen LogP contribution in [0.3, 0.4) is 0 Å². The molecule has 5 aliphatic heterocycles. The molecule has 10 rings (SSSR count). The van der Waals surface area contributed by atoms with E-state index in [9.17, 15) is 4.79 Å². The summed E-state index contributed by atoms with van der Waals surface area (Å²) in [7, 11) is 3.04. The van der Waals surface area contributed by atoms with Gasteiger partial charge in [-0.05, 0) is 120 Å². The Morgan fingerprint density at radius 1 is 0.887 bits per heavy atom. The van der Waals surface area contributed by atoms with Gasteiger partial charge in [-0.2, -0.15) is 23.1 Å². The summed E-state index contributed by atoms with van der Waals surface area (Å²) in [6.45, 7) is 9.06. The van der Waals surface area contributed by atoms with E-state index in [0.717, 1.165) is 25.8 Å². The van der Waals surface area contributed by atoms with Gasteiger partial charge >= 0.3 is 18.3 Å². The highest BCUT2D eigenvalue weighted by atomic mass is 19.4. The number of alkyl halides is 4. The highest BCUT2D eigenvalue weighted by Gasteiger charge is 2.54. The van der Waals surface area contributed by atoms with Crippen molar-refractivity contribution in [3.05, 3.63) is 88.5 Å². The second kappa shape index (κ2) is 18.4. The summed E-state index contributed by atoms with van der Waals surface area (Å²) >= 11 is 0. The third kappa shape index (κ3) is 8.96. The molecule has 0 saturated carbocycles. The number of hydrogen-bond acceptors (Lipinski definition) is 12. The molecular formula is C52H57F6N7O6. The minimum atomic E-state index is -5.19. The smallest absolute Gasteiger partial charge is 0.417 e. The van der Waals surface area contributed by atoms with Crippen molar-refractivity contribution in [2.24, 2.45) is 0 Å². The predicted octanol–water partition coefficient (Wildman–Crippen LogP) is 10.2. The predicted molar refractivity (Wildman–Crippen MR) is 253 cm³/mol. The van der Waals surface area contributed by atoms with Crippen molar-refractivity contribution in [2.45, 2.75) is 134 Å². The molecule has 0 aliphatic carbocycles. The topological polar surface area (TPSA) is 115 Å². The van der Waals surface area contributed by atoms with Gasteiger partial charge in [0.15, 0.2) is 5.82 Å². The van der Waals surface area contributed by atoms with Crippen molar-refractivity contribution in [3.8, 4) is 34.6 Å². The van der Waals surface area contributed by atoms with E-state index in [0.29, 0.717) is 42.0 Å². The van der Waals surface area contributed by atoms with Crippen LogP contribution < -0.4 is 28.7 Å². The van der Waals surface area contributed by atoms with E-state index in [1.165, 1.54) is 14.2 Å². The summed E-state index contributed by atoms with van der Waals surface area (Å²) in [4.78, 5) is 35.2. The molecular weight excluding hydrogens is 933 g/mol. The lowest BCUT2D eigenvalue weighted by Gasteiger charge is -2.48. The normalized spacial score (nSPS) is 23.8. The molecule has 378 valence electrons. The molecule has 4 fully saturated rings. The Kier molecular flexibility index (Phi) is 12.6. The Labute approximate surface area is 408 Å². The van der Waals surface area contributed by atoms with E-state index in [2.05, 4.69) is 14.9 Å². The maximum atomic E-state index is 18.0. The van der Waals surface area contributed by atoms with Gasteiger partial charge in [-0.15, -0.1) is 0 Å². The molecule has 0 N–H and O–H groups in total. The quantitative estimate of drug-likeness (QED) is 0.117. The lowest BCUT2D eigenvalue weighted by molar-refractivity contribution is -0.137. The third-order valence-corrected chi connectivity index (χ3v) is 14.6. The van der Waals surface area contributed by atoms with E-state index >= 15 is 26.3 Å². The number of piperazine rings is 1.